The first-order valence-electron chi connectivity index (χ1n) is 12.1. The van der Waals surface area contributed by atoms with Crippen LogP contribution in [0.15, 0.2) is 66.0 Å². The first-order valence-corrected chi connectivity index (χ1v) is 13.0. The monoisotopic (exact) mass is 489 g/mol. The lowest BCUT2D eigenvalue weighted by molar-refractivity contribution is -0.137. The average Bonchev–Trinajstić information content (AvgIpc) is 3.48. The largest absolute Gasteiger partial charge is 0.481 e. The van der Waals surface area contributed by atoms with Crippen LogP contribution < -0.4 is 5.32 Å². The van der Waals surface area contributed by atoms with Gasteiger partial charge in [0.25, 0.3) is 5.91 Å². The number of benzene rings is 2. The molecule has 0 bridgehead atoms. The van der Waals surface area contributed by atoms with Crippen LogP contribution in [0.3, 0.4) is 0 Å². The summed E-state index contributed by atoms with van der Waals surface area (Å²) in [5.74, 6) is -0.226. The van der Waals surface area contributed by atoms with E-state index in [9.17, 15) is 14.7 Å². The Morgan fingerprint density at radius 1 is 1.06 bits per heavy atom. The smallest absolute Gasteiger partial charge is 0.305 e. The van der Waals surface area contributed by atoms with Gasteiger partial charge >= 0.3 is 5.97 Å². The van der Waals surface area contributed by atoms with E-state index in [4.69, 9.17) is 4.98 Å². The number of hydrogen-bond donors (Lipinski definition) is 2. The number of carbonyl (C=O) groups excluding carboxylic acids is 1. The number of rotatable bonds is 11. The zero-order valence-corrected chi connectivity index (χ0v) is 20.9. The minimum Gasteiger partial charge on any atom is -0.481 e. The number of carboxylic acids is 1. The van der Waals surface area contributed by atoms with Crippen molar-refractivity contribution >= 4 is 34.2 Å². The number of aromatic nitrogens is 2. The van der Waals surface area contributed by atoms with Gasteiger partial charge in [0.05, 0.1) is 17.5 Å². The second-order valence-corrected chi connectivity index (χ2v) is 9.82. The molecule has 0 spiro atoms. The minimum atomic E-state index is -0.941. The molecule has 1 amide bonds. The molecule has 0 aliphatic heterocycles. The van der Waals surface area contributed by atoms with Crippen LogP contribution in [-0.4, -0.2) is 32.6 Å². The molecule has 0 aliphatic carbocycles. The fourth-order valence-electron chi connectivity index (χ4n) is 4.60. The van der Waals surface area contributed by atoms with E-state index < -0.39 is 12.0 Å². The summed E-state index contributed by atoms with van der Waals surface area (Å²) in [7, 11) is 0. The Balaban J connectivity index is 1.62. The van der Waals surface area contributed by atoms with Gasteiger partial charge in [-0.1, -0.05) is 50.2 Å². The molecule has 7 heteroatoms. The van der Waals surface area contributed by atoms with Gasteiger partial charge < -0.3 is 15.0 Å². The van der Waals surface area contributed by atoms with Crippen molar-refractivity contribution in [3.63, 3.8) is 0 Å². The molecule has 0 saturated heterocycles. The number of hydrogen-bond acceptors (Lipinski definition) is 4. The molecule has 0 saturated carbocycles. The Hall–Kier alpha value is -3.45. The molecule has 2 aromatic heterocycles. The zero-order chi connectivity index (χ0) is 24.8. The van der Waals surface area contributed by atoms with Crippen molar-refractivity contribution in [3.05, 3.63) is 87.9 Å². The fraction of sp³-hybridized carbons (Fsp3) is 0.321. The van der Waals surface area contributed by atoms with Crippen molar-refractivity contribution in [2.24, 2.45) is 0 Å². The number of fused-ring (bicyclic) bond motifs is 1. The molecule has 0 fully saturated rings. The van der Waals surface area contributed by atoms with Gasteiger partial charge in [-0.2, -0.15) is 0 Å². The highest BCUT2D eigenvalue weighted by molar-refractivity contribution is 7.09. The molecule has 1 unspecified atom stereocenters. The summed E-state index contributed by atoms with van der Waals surface area (Å²) in [6.07, 6.45) is 3.06. The van der Waals surface area contributed by atoms with Crippen molar-refractivity contribution in [1.29, 1.82) is 0 Å². The normalized spacial score (nSPS) is 12.2. The van der Waals surface area contributed by atoms with Crippen LogP contribution in [0.4, 0.5) is 0 Å². The Labute approximate surface area is 209 Å². The van der Waals surface area contributed by atoms with Crippen LogP contribution in [0, 0.1) is 0 Å². The Morgan fingerprint density at radius 2 is 1.83 bits per heavy atom. The molecule has 0 aliphatic rings. The topological polar surface area (TPSA) is 84.2 Å². The van der Waals surface area contributed by atoms with E-state index in [0.717, 1.165) is 41.7 Å². The summed E-state index contributed by atoms with van der Waals surface area (Å²) in [6, 6.07) is 19.2. The van der Waals surface area contributed by atoms with Gasteiger partial charge in [0.1, 0.15) is 5.82 Å². The Morgan fingerprint density at radius 3 is 2.49 bits per heavy atom. The van der Waals surface area contributed by atoms with Crippen LogP contribution in [0.25, 0.3) is 11.0 Å². The highest BCUT2D eigenvalue weighted by Gasteiger charge is 2.21. The highest BCUT2D eigenvalue weighted by atomic mass is 32.1. The summed E-state index contributed by atoms with van der Waals surface area (Å²) in [6.45, 7) is 4.37. The first kappa shape index (κ1) is 24.7. The second kappa shape index (κ2) is 11.3. The summed E-state index contributed by atoms with van der Waals surface area (Å²) in [5, 5.41) is 14.4. The summed E-state index contributed by atoms with van der Waals surface area (Å²) < 4.78 is 2.32. The van der Waals surface area contributed by atoms with Crippen molar-refractivity contribution in [1.82, 2.24) is 14.9 Å². The van der Waals surface area contributed by atoms with Crippen molar-refractivity contribution in [3.8, 4) is 0 Å². The predicted molar refractivity (Wildman–Crippen MR) is 140 cm³/mol. The fourth-order valence-corrected chi connectivity index (χ4v) is 5.30. The molecule has 0 radical (unpaired) electrons. The van der Waals surface area contributed by atoms with E-state index >= 15 is 0 Å². The minimum absolute atomic E-state index is 0.142. The standard InChI is InChI=1S/C28H31N3O3S/c1-3-22(4-2)31-25-13-12-20(16-24(25)30-26(31)18-23-11-8-14-35-23)28(34)29-21(17-27(32)33)15-19-9-6-5-7-10-19/h5-14,16,21-22H,3-4,15,17-18H2,1-2H3,(H,29,34)(H,32,33). The maximum Gasteiger partial charge on any atom is 0.305 e. The molecular weight excluding hydrogens is 458 g/mol. The van der Waals surface area contributed by atoms with Gasteiger partial charge in [-0.15, -0.1) is 11.3 Å². The van der Waals surface area contributed by atoms with Crippen LogP contribution in [0.1, 0.15) is 65.8 Å². The van der Waals surface area contributed by atoms with Crippen molar-refractivity contribution < 1.29 is 14.7 Å². The van der Waals surface area contributed by atoms with Crippen LogP contribution in [0.5, 0.6) is 0 Å². The van der Waals surface area contributed by atoms with E-state index in [-0.39, 0.29) is 12.3 Å². The SMILES string of the molecule is CCC(CC)n1c(Cc2cccs2)nc2cc(C(=O)NC(CC(=O)O)Cc3ccccc3)ccc21. The number of aliphatic carboxylic acids is 1. The maximum absolute atomic E-state index is 13.1. The Bertz CT molecular complexity index is 1280. The molecule has 182 valence electrons. The molecule has 4 rings (SSSR count). The van der Waals surface area contributed by atoms with E-state index in [2.05, 4.69) is 41.2 Å². The third-order valence-corrected chi connectivity index (χ3v) is 7.20. The number of thiophene rings is 1. The first-order chi connectivity index (χ1) is 17.0. The predicted octanol–water partition coefficient (Wildman–Crippen LogP) is 5.87. The third kappa shape index (κ3) is 5.98. The molecule has 2 heterocycles. The van der Waals surface area contributed by atoms with Crippen LogP contribution >= 0.6 is 11.3 Å². The van der Waals surface area contributed by atoms with Gasteiger partial charge in [0.2, 0.25) is 0 Å². The lowest BCUT2D eigenvalue weighted by Gasteiger charge is -2.19. The number of nitrogens with one attached hydrogen (secondary N) is 1. The summed E-state index contributed by atoms with van der Waals surface area (Å²) in [5.41, 5.74) is 3.27. The van der Waals surface area contributed by atoms with Gasteiger partial charge in [0, 0.05) is 28.9 Å². The number of carbonyl (C=O) groups is 2. The summed E-state index contributed by atoms with van der Waals surface area (Å²) >= 11 is 1.72. The molecular formula is C28H31N3O3S. The number of nitrogens with zero attached hydrogens (tertiary/aromatic N) is 2. The van der Waals surface area contributed by atoms with Gasteiger partial charge in [0.15, 0.2) is 0 Å². The third-order valence-electron chi connectivity index (χ3n) is 6.33. The lowest BCUT2D eigenvalue weighted by atomic mass is 10.0. The quantitative estimate of drug-likeness (QED) is 0.276. The zero-order valence-electron chi connectivity index (χ0n) is 20.1. The molecule has 4 aromatic rings. The maximum atomic E-state index is 13.1. The van der Waals surface area contributed by atoms with Crippen molar-refractivity contribution in [2.75, 3.05) is 0 Å². The molecule has 1 atom stereocenters. The average molecular weight is 490 g/mol. The highest BCUT2D eigenvalue weighted by Crippen LogP contribution is 2.28. The van der Waals surface area contributed by atoms with E-state index in [0.29, 0.717) is 18.0 Å². The molecule has 35 heavy (non-hydrogen) atoms. The second-order valence-electron chi connectivity index (χ2n) is 8.79. The summed E-state index contributed by atoms with van der Waals surface area (Å²) in [4.78, 5) is 30.7. The number of amides is 1. The van der Waals surface area contributed by atoms with E-state index in [1.54, 1.807) is 11.3 Å². The molecule has 2 aromatic carbocycles. The number of imidazole rings is 1. The van der Waals surface area contributed by atoms with E-state index in [1.165, 1.54) is 4.88 Å². The van der Waals surface area contributed by atoms with Crippen molar-refractivity contribution in [2.45, 2.75) is 58.0 Å². The lowest BCUT2D eigenvalue weighted by Crippen LogP contribution is -2.38. The van der Waals surface area contributed by atoms with Gasteiger partial charge in [-0.05, 0) is 54.5 Å². The van der Waals surface area contributed by atoms with Crippen LogP contribution in [-0.2, 0) is 17.6 Å². The number of carboxylic acid groups (broad SMARTS) is 1. The van der Waals surface area contributed by atoms with Gasteiger partial charge in [-0.3, -0.25) is 9.59 Å². The van der Waals surface area contributed by atoms with Crippen LogP contribution in [0.2, 0.25) is 0 Å². The molecule has 2 N–H and O–H groups in total. The molecule has 6 nitrogen and oxygen atoms in total. The Kier molecular flexibility index (Phi) is 7.98. The van der Waals surface area contributed by atoms with E-state index in [1.807, 2.05) is 48.5 Å². The van der Waals surface area contributed by atoms with Gasteiger partial charge in [-0.25, -0.2) is 4.98 Å².